The summed E-state index contributed by atoms with van der Waals surface area (Å²) in [5.41, 5.74) is 0.803. The van der Waals surface area contributed by atoms with E-state index in [1.54, 1.807) is 35.2 Å². The average molecular weight is 404 g/mol. The first-order valence-corrected chi connectivity index (χ1v) is 9.64. The molecule has 1 fully saturated rings. The van der Waals surface area contributed by atoms with Crippen molar-refractivity contribution in [2.45, 2.75) is 13.8 Å². The summed E-state index contributed by atoms with van der Waals surface area (Å²) >= 11 is 2.65. The normalized spacial score (nSPS) is 17.1. The number of aryl methyl sites for hydroxylation is 1. The van der Waals surface area contributed by atoms with E-state index in [0.29, 0.717) is 27.5 Å². The number of thioether (sulfide) groups is 1. The maximum Gasteiger partial charge on any atom is 0.341 e. The Morgan fingerprint density at radius 2 is 2.07 bits per heavy atom. The molecule has 8 nitrogen and oxygen atoms in total. The molecule has 3 rings (SSSR count). The van der Waals surface area contributed by atoms with Crippen LogP contribution in [0.3, 0.4) is 0 Å². The highest BCUT2D eigenvalue weighted by Crippen LogP contribution is 2.34. The van der Waals surface area contributed by atoms with Crippen molar-refractivity contribution in [1.29, 1.82) is 0 Å². The smallest absolute Gasteiger partial charge is 0.341 e. The molecule has 140 valence electrons. The van der Waals surface area contributed by atoms with Crippen LogP contribution in [0, 0.1) is 6.92 Å². The van der Waals surface area contributed by atoms with Crippen LogP contribution in [0.4, 0.5) is 5.13 Å². The van der Waals surface area contributed by atoms with Crippen LogP contribution in [-0.2, 0) is 9.59 Å². The van der Waals surface area contributed by atoms with Crippen LogP contribution < -0.4 is 4.74 Å². The molecule has 2 heterocycles. The maximum absolute atomic E-state index is 12.6. The first-order valence-electron chi connectivity index (χ1n) is 8.01. The number of carboxylic acid groups (broad SMARTS) is 1. The molecule has 2 aromatic rings. The molecule has 0 saturated carbocycles. The van der Waals surface area contributed by atoms with E-state index in [-0.39, 0.29) is 5.91 Å². The number of carboxylic acids is 1. The quantitative estimate of drug-likeness (QED) is 0.738. The monoisotopic (exact) mass is 404 g/mol. The van der Waals surface area contributed by atoms with Gasteiger partial charge in [0, 0.05) is 6.54 Å². The lowest BCUT2D eigenvalue weighted by Crippen LogP contribution is -2.28. The summed E-state index contributed by atoms with van der Waals surface area (Å²) in [6.45, 7) is 3.84. The molecular formula is C17H16N4O4S2. The van der Waals surface area contributed by atoms with Gasteiger partial charge in [-0.3, -0.25) is 9.69 Å². The van der Waals surface area contributed by atoms with E-state index in [1.165, 1.54) is 23.1 Å². The second kappa shape index (κ2) is 8.31. The van der Waals surface area contributed by atoms with Crippen molar-refractivity contribution in [3.63, 3.8) is 0 Å². The van der Waals surface area contributed by atoms with Gasteiger partial charge in [-0.1, -0.05) is 23.5 Å². The Morgan fingerprint density at radius 3 is 2.67 bits per heavy atom. The summed E-state index contributed by atoms with van der Waals surface area (Å²) in [7, 11) is 0. The molecule has 0 unspecified atom stereocenters. The molecule has 10 heteroatoms. The van der Waals surface area contributed by atoms with Gasteiger partial charge >= 0.3 is 5.97 Å². The second-order valence-corrected chi connectivity index (χ2v) is 7.58. The summed E-state index contributed by atoms with van der Waals surface area (Å²) in [5.74, 6) is -0.700. The van der Waals surface area contributed by atoms with Crippen molar-refractivity contribution in [3.8, 4) is 5.75 Å². The molecule has 1 saturated heterocycles. The number of hydrogen-bond donors (Lipinski definition) is 1. The second-order valence-electron chi connectivity index (χ2n) is 5.41. The fraction of sp³-hybridized carbons (Fsp3) is 0.235. The van der Waals surface area contributed by atoms with Crippen LogP contribution in [0.5, 0.6) is 5.75 Å². The Bertz CT molecular complexity index is 921. The molecule has 27 heavy (non-hydrogen) atoms. The Labute approximate surface area is 163 Å². The molecule has 0 atom stereocenters. The molecule has 1 aromatic heterocycles. The van der Waals surface area contributed by atoms with Gasteiger partial charge in [-0.2, -0.15) is 4.99 Å². The van der Waals surface area contributed by atoms with E-state index in [9.17, 15) is 9.59 Å². The number of aromatic nitrogens is 2. The minimum atomic E-state index is -1.04. The highest BCUT2D eigenvalue weighted by molar-refractivity contribution is 8.18. The van der Waals surface area contributed by atoms with Crippen LogP contribution in [0.2, 0.25) is 0 Å². The van der Waals surface area contributed by atoms with Crippen LogP contribution >= 0.6 is 23.1 Å². The third-order valence-corrected chi connectivity index (χ3v) is 5.19. The summed E-state index contributed by atoms with van der Waals surface area (Å²) in [4.78, 5) is 29.7. The van der Waals surface area contributed by atoms with Crippen molar-refractivity contribution >= 4 is 51.4 Å². The van der Waals surface area contributed by atoms with Gasteiger partial charge in [0.25, 0.3) is 5.91 Å². The third-order valence-electron chi connectivity index (χ3n) is 3.45. The van der Waals surface area contributed by atoms with E-state index >= 15 is 0 Å². The van der Waals surface area contributed by atoms with E-state index < -0.39 is 12.6 Å². The minimum absolute atomic E-state index is 0.117. The van der Waals surface area contributed by atoms with Crippen molar-refractivity contribution in [2.75, 3.05) is 13.2 Å². The third kappa shape index (κ3) is 4.72. The lowest BCUT2D eigenvalue weighted by atomic mass is 10.2. The zero-order chi connectivity index (χ0) is 19.4. The zero-order valence-corrected chi connectivity index (χ0v) is 16.2. The summed E-state index contributed by atoms with van der Waals surface area (Å²) in [6, 6.07) is 6.85. The molecule has 1 aliphatic heterocycles. The van der Waals surface area contributed by atoms with Crippen LogP contribution in [-0.4, -0.2) is 50.4 Å². The van der Waals surface area contributed by atoms with E-state index in [1.807, 2.05) is 13.8 Å². The summed E-state index contributed by atoms with van der Waals surface area (Å²) in [5, 5.41) is 18.4. The standard InChI is InChI=1S/C17H16N4O4S2/c1-3-21-15(24)13(27-17(21)18-16-20-19-10(2)26-16)8-11-4-6-12(7-5-11)25-9-14(22)23/h4-8H,3,9H2,1-2H3,(H,22,23)/b13-8+,18-17+. The Kier molecular flexibility index (Phi) is 5.87. The molecule has 0 radical (unpaired) electrons. The molecule has 1 N–H and O–H groups in total. The molecule has 1 amide bonds. The first-order chi connectivity index (χ1) is 13.0. The largest absolute Gasteiger partial charge is 0.482 e. The maximum atomic E-state index is 12.6. The van der Waals surface area contributed by atoms with Gasteiger partial charge in [-0.25, -0.2) is 4.79 Å². The number of benzene rings is 1. The number of carbonyl (C=O) groups excluding carboxylic acids is 1. The lowest BCUT2D eigenvalue weighted by molar-refractivity contribution is -0.139. The Morgan fingerprint density at radius 1 is 1.33 bits per heavy atom. The molecule has 1 aliphatic rings. The Balaban J connectivity index is 1.78. The van der Waals surface area contributed by atoms with Crippen LogP contribution in [0.15, 0.2) is 34.2 Å². The number of rotatable bonds is 6. The topological polar surface area (TPSA) is 105 Å². The predicted molar refractivity (Wildman–Crippen MR) is 104 cm³/mol. The number of amides is 1. The lowest BCUT2D eigenvalue weighted by Gasteiger charge is -2.11. The SMILES string of the molecule is CCN1C(=O)/C(=C\c2ccc(OCC(=O)O)cc2)S/C1=N/c1nnc(C)s1. The number of aliphatic carboxylic acids is 1. The zero-order valence-electron chi connectivity index (χ0n) is 14.6. The van der Waals surface area contributed by atoms with E-state index in [0.717, 1.165) is 10.6 Å². The number of nitrogens with zero attached hydrogens (tertiary/aromatic N) is 4. The van der Waals surface area contributed by atoms with Crippen LogP contribution in [0.1, 0.15) is 17.5 Å². The van der Waals surface area contributed by atoms with Gasteiger partial charge in [0.2, 0.25) is 5.13 Å². The highest BCUT2D eigenvalue weighted by atomic mass is 32.2. The summed E-state index contributed by atoms with van der Waals surface area (Å²) < 4.78 is 5.10. The fourth-order valence-corrected chi connectivity index (χ4v) is 3.90. The van der Waals surface area contributed by atoms with Gasteiger partial charge in [0.1, 0.15) is 10.8 Å². The van der Waals surface area contributed by atoms with Crippen molar-refractivity contribution in [3.05, 3.63) is 39.7 Å². The van der Waals surface area contributed by atoms with Crippen molar-refractivity contribution in [2.24, 2.45) is 4.99 Å². The van der Waals surface area contributed by atoms with Crippen molar-refractivity contribution in [1.82, 2.24) is 15.1 Å². The number of aliphatic imine (C=N–C) groups is 1. The average Bonchev–Trinajstić information content (AvgIpc) is 3.17. The van der Waals surface area contributed by atoms with Gasteiger partial charge in [-0.15, -0.1) is 10.2 Å². The molecule has 1 aromatic carbocycles. The van der Waals surface area contributed by atoms with Gasteiger partial charge in [0.05, 0.1) is 4.91 Å². The number of ether oxygens (including phenoxy) is 1. The number of carbonyl (C=O) groups is 2. The molecule has 0 spiro atoms. The van der Waals surface area contributed by atoms with Crippen LogP contribution in [0.25, 0.3) is 6.08 Å². The van der Waals surface area contributed by atoms with E-state index in [2.05, 4.69) is 15.2 Å². The number of amidine groups is 1. The Hall–Kier alpha value is -2.72. The summed E-state index contributed by atoms with van der Waals surface area (Å²) in [6.07, 6.45) is 1.77. The predicted octanol–water partition coefficient (Wildman–Crippen LogP) is 2.93. The van der Waals surface area contributed by atoms with Crippen molar-refractivity contribution < 1.29 is 19.4 Å². The minimum Gasteiger partial charge on any atom is -0.482 e. The fourth-order valence-electron chi connectivity index (χ4n) is 2.24. The number of hydrogen-bond acceptors (Lipinski definition) is 8. The van der Waals surface area contributed by atoms with Gasteiger partial charge in [-0.05, 0) is 49.4 Å². The molecular weight excluding hydrogens is 388 g/mol. The highest BCUT2D eigenvalue weighted by Gasteiger charge is 2.32. The molecule has 0 bridgehead atoms. The van der Waals surface area contributed by atoms with Gasteiger partial charge < -0.3 is 9.84 Å². The first kappa shape index (κ1) is 19.1. The number of likely N-dealkylation sites (N-methyl/N-ethyl adjacent to an activating group) is 1. The van der Waals surface area contributed by atoms with E-state index in [4.69, 9.17) is 9.84 Å². The van der Waals surface area contributed by atoms with Gasteiger partial charge in [0.15, 0.2) is 11.8 Å². The molecule has 0 aliphatic carbocycles.